The van der Waals surface area contributed by atoms with E-state index in [4.69, 9.17) is 27.6 Å². The normalized spacial score (nSPS) is 16.6. The molecule has 1 aliphatic heterocycles. The summed E-state index contributed by atoms with van der Waals surface area (Å²) in [6, 6.07) is 4.78. The van der Waals surface area contributed by atoms with E-state index < -0.39 is 10.0 Å². The van der Waals surface area contributed by atoms with Crippen molar-refractivity contribution >= 4 is 45.1 Å². The van der Waals surface area contributed by atoms with Crippen LogP contribution in [-0.2, 0) is 14.8 Å². The van der Waals surface area contributed by atoms with E-state index in [0.717, 1.165) is 6.26 Å². The van der Waals surface area contributed by atoms with Gasteiger partial charge in [-0.05, 0) is 31.0 Å². The molecule has 8 nitrogen and oxygen atoms in total. The van der Waals surface area contributed by atoms with Gasteiger partial charge in [-0.1, -0.05) is 28.3 Å². The van der Waals surface area contributed by atoms with Crippen LogP contribution in [0.5, 0.6) is 0 Å². The van der Waals surface area contributed by atoms with Gasteiger partial charge < -0.3 is 4.42 Å². The van der Waals surface area contributed by atoms with Gasteiger partial charge in [0.15, 0.2) is 0 Å². The molecule has 2 heterocycles. The summed E-state index contributed by atoms with van der Waals surface area (Å²) in [4.78, 5) is 12.3. The molecule has 0 aliphatic carbocycles. The van der Waals surface area contributed by atoms with Crippen LogP contribution in [0.15, 0.2) is 22.6 Å². The Morgan fingerprint density at radius 1 is 1.27 bits per heavy atom. The van der Waals surface area contributed by atoms with Crippen molar-refractivity contribution in [1.82, 2.24) is 14.5 Å². The molecule has 0 atom stereocenters. The lowest BCUT2D eigenvalue weighted by Crippen LogP contribution is -2.40. The van der Waals surface area contributed by atoms with Crippen molar-refractivity contribution in [2.75, 3.05) is 24.7 Å². The van der Waals surface area contributed by atoms with Gasteiger partial charge in [0.05, 0.1) is 16.8 Å². The highest BCUT2D eigenvalue weighted by molar-refractivity contribution is 7.88. The Morgan fingerprint density at radius 2 is 1.96 bits per heavy atom. The molecule has 0 saturated carbocycles. The first-order valence-electron chi connectivity index (χ1n) is 7.79. The number of benzene rings is 1. The zero-order valence-electron chi connectivity index (χ0n) is 13.8. The average Bonchev–Trinajstić information content (AvgIpc) is 3.04. The van der Waals surface area contributed by atoms with Crippen molar-refractivity contribution in [2.45, 2.75) is 12.8 Å². The van der Waals surface area contributed by atoms with Crippen LogP contribution in [-0.4, -0.2) is 48.2 Å². The molecule has 0 spiro atoms. The predicted octanol–water partition coefficient (Wildman–Crippen LogP) is 2.65. The lowest BCUT2D eigenvalue weighted by atomic mass is 9.97. The fourth-order valence-corrected chi connectivity index (χ4v) is 3.95. The maximum absolute atomic E-state index is 12.3. The Labute approximate surface area is 160 Å². The highest BCUT2D eigenvalue weighted by atomic mass is 35.5. The summed E-state index contributed by atoms with van der Waals surface area (Å²) in [5.41, 5.74) is 0.466. The molecule has 0 bridgehead atoms. The second-order valence-electron chi connectivity index (χ2n) is 5.96. The molecule has 11 heteroatoms. The number of carbonyl (C=O) groups excluding carboxylic acids is 1. The molecule has 3 rings (SSSR count). The fraction of sp³-hybridized carbons (Fsp3) is 0.400. The van der Waals surface area contributed by atoms with Crippen LogP contribution in [0.2, 0.25) is 10.0 Å². The van der Waals surface area contributed by atoms with Crippen LogP contribution in [0.3, 0.4) is 0 Å². The summed E-state index contributed by atoms with van der Waals surface area (Å²) in [6.07, 6.45) is 2.02. The maximum atomic E-state index is 12.3. The summed E-state index contributed by atoms with van der Waals surface area (Å²) in [5, 5.41) is 11.1. The van der Waals surface area contributed by atoms with Crippen LogP contribution in [0, 0.1) is 5.92 Å². The van der Waals surface area contributed by atoms with Crippen molar-refractivity contribution < 1.29 is 17.6 Å². The van der Waals surface area contributed by atoms with E-state index in [2.05, 4.69) is 15.5 Å². The summed E-state index contributed by atoms with van der Waals surface area (Å²) >= 11 is 12.0. The van der Waals surface area contributed by atoms with Crippen LogP contribution < -0.4 is 5.32 Å². The Morgan fingerprint density at radius 3 is 2.62 bits per heavy atom. The quantitative estimate of drug-likeness (QED) is 0.817. The highest BCUT2D eigenvalue weighted by Crippen LogP contribution is 2.30. The summed E-state index contributed by atoms with van der Waals surface area (Å²) in [6.45, 7) is 0.619. The van der Waals surface area contributed by atoms with Crippen LogP contribution >= 0.6 is 23.2 Å². The number of nitrogens with zero attached hydrogens (tertiary/aromatic N) is 3. The number of nitrogens with one attached hydrogen (secondary N) is 1. The smallest absolute Gasteiger partial charge is 0.322 e. The number of aromatic nitrogens is 2. The van der Waals surface area contributed by atoms with E-state index in [-0.39, 0.29) is 23.7 Å². The molecular formula is C15H16Cl2N4O4S. The minimum Gasteiger partial charge on any atom is -0.403 e. The van der Waals surface area contributed by atoms with E-state index >= 15 is 0 Å². The van der Waals surface area contributed by atoms with Gasteiger partial charge in [0.25, 0.3) is 5.89 Å². The van der Waals surface area contributed by atoms with Crippen LogP contribution in [0.1, 0.15) is 12.8 Å². The Hall–Kier alpha value is -1.68. The molecule has 140 valence electrons. The molecule has 1 aromatic heterocycles. The number of rotatable bonds is 4. The monoisotopic (exact) mass is 418 g/mol. The first-order valence-corrected chi connectivity index (χ1v) is 10.4. The molecule has 2 aromatic rings. The molecule has 1 fully saturated rings. The Kier molecular flexibility index (Phi) is 5.52. The number of halogens is 2. The van der Waals surface area contributed by atoms with Crippen molar-refractivity contribution in [1.29, 1.82) is 0 Å². The second-order valence-corrected chi connectivity index (χ2v) is 8.79. The van der Waals surface area contributed by atoms with Crippen molar-refractivity contribution in [3.8, 4) is 11.5 Å². The molecule has 1 aliphatic rings. The largest absolute Gasteiger partial charge is 0.403 e. The van der Waals surface area contributed by atoms with E-state index in [1.807, 2.05) is 0 Å². The molecule has 0 unspecified atom stereocenters. The van der Waals surface area contributed by atoms with Crippen molar-refractivity contribution in [2.24, 2.45) is 5.92 Å². The first kappa shape index (κ1) is 19.1. The standard InChI is InChI=1S/C15H16Cl2N4O4S/c1-26(23,24)21-6-4-9(5-7-21)13(22)18-15-20-19-14(25-15)11-8-10(16)2-3-12(11)17/h2-3,8-9H,4-7H2,1H3,(H,18,20,22). The van der Waals surface area contributed by atoms with Gasteiger partial charge in [0, 0.05) is 24.0 Å². The number of sulfonamides is 1. The third-order valence-corrected chi connectivity index (χ3v) is 5.98. The van der Waals surface area contributed by atoms with Gasteiger partial charge in [0.1, 0.15) is 0 Å². The van der Waals surface area contributed by atoms with E-state index in [0.29, 0.717) is 41.5 Å². The van der Waals surface area contributed by atoms with E-state index in [9.17, 15) is 13.2 Å². The van der Waals surface area contributed by atoms with Gasteiger partial charge in [0.2, 0.25) is 15.9 Å². The highest BCUT2D eigenvalue weighted by Gasteiger charge is 2.29. The van der Waals surface area contributed by atoms with Crippen LogP contribution in [0.25, 0.3) is 11.5 Å². The summed E-state index contributed by atoms with van der Waals surface area (Å²) < 4.78 is 29.8. The number of hydrogen-bond donors (Lipinski definition) is 1. The van der Waals surface area contributed by atoms with Gasteiger partial charge >= 0.3 is 6.01 Å². The van der Waals surface area contributed by atoms with Crippen molar-refractivity contribution in [3.05, 3.63) is 28.2 Å². The molecule has 26 heavy (non-hydrogen) atoms. The number of hydrogen-bond acceptors (Lipinski definition) is 6. The van der Waals surface area contributed by atoms with Gasteiger partial charge in [-0.15, -0.1) is 5.10 Å². The maximum Gasteiger partial charge on any atom is 0.322 e. The SMILES string of the molecule is CS(=O)(=O)N1CCC(C(=O)Nc2nnc(-c3cc(Cl)ccc3Cl)o2)CC1. The molecular weight excluding hydrogens is 403 g/mol. The van der Waals surface area contributed by atoms with E-state index in [1.165, 1.54) is 4.31 Å². The van der Waals surface area contributed by atoms with Gasteiger partial charge in [-0.2, -0.15) is 0 Å². The first-order chi connectivity index (χ1) is 12.2. The predicted molar refractivity (Wildman–Crippen MR) is 97.5 cm³/mol. The summed E-state index contributed by atoms with van der Waals surface area (Å²) in [5.74, 6) is -0.469. The third-order valence-electron chi connectivity index (χ3n) is 4.11. The molecule has 1 saturated heterocycles. The second kappa shape index (κ2) is 7.51. The molecule has 1 aromatic carbocycles. The lowest BCUT2D eigenvalue weighted by molar-refractivity contribution is -0.121. The minimum atomic E-state index is -3.23. The Balaban J connectivity index is 1.64. The zero-order chi connectivity index (χ0) is 18.9. The van der Waals surface area contributed by atoms with Gasteiger partial charge in [-0.3, -0.25) is 10.1 Å². The minimum absolute atomic E-state index is 0.0495. The zero-order valence-corrected chi connectivity index (χ0v) is 16.1. The Bertz CT molecular complexity index is 923. The van der Waals surface area contributed by atoms with Gasteiger partial charge in [-0.25, -0.2) is 12.7 Å². The molecule has 0 radical (unpaired) electrons. The fourth-order valence-electron chi connectivity index (χ4n) is 2.70. The third kappa shape index (κ3) is 4.35. The number of carbonyl (C=O) groups is 1. The summed E-state index contributed by atoms with van der Waals surface area (Å²) in [7, 11) is -3.23. The topological polar surface area (TPSA) is 105 Å². The molecule has 1 N–H and O–H groups in total. The van der Waals surface area contributed by atoms with Crippen LogP contribution in [0.4, 0.5) is 6.01 Å². The lowest BCUT2D eigenvalue weighted by Gasteiger charge is -2.29. The number of piperidine rings is 1. The van der Waals surface area contributed by atoms with Crippen molar-refractivity contribution in [3.63, 3.8) is 0 Å². The average molecular weight is 419 g/mol. The molecule has 1 amide bonds. The van der Waals surface area contributed by atoms with E-state index in [1.54, 1.807) is 18.2 Å². The number of anilines is 1. The number of amides is 1.